The van der Waals surface area contributed by atoms with Gasteiger partial charge >= 0.3 is 0 Å². The van der Waals surface area contributed by atoms with Gasteiger partial charge in [0.25, 0.3) is 0 Å². The van der Waals surface area contributed by atoms with Crippen LogP contribution in [-0.2, 0) is 22.6 Å². The summed E-state index contributed by atoms with van der Waals surface area (Å²) >= 11 is 0. The number of hydrogen-bond donors (Lipinski definition) is 2. The van der Waals surface area contributed by atoms with Crippen molar-refractivity contribution in [2.45, 2.75) is 39.3 Å². The fourth-order valence-electron chi connectivity index (χ4n) is 4.43. The second-order valence-electron chi connectivity index (χ2n) is 10.1. The van der Waals surface area contributed by atoms with E-state index in [1.54, 1.807) is 12.4 Å². The van der Waals surface area contributed by atoms with E-state index >= 15 is 0 Å². The third-order valence-electron chi connectivity index (χ3n) is 7.07. The number of nitrogens with zero attached hydrogens (tertiary/aromatic N) is 5. The minimum absolute atomic E-state index is 0.0506. The monoisotopic (exact) mass is 507 g/mol. The van der Waals surface area contributed by atoms with Gasteiger partial charge in [-0.25, -0.2) is 9.97 Å². The Morgan fingerprint density at radius 3 is 2.68 bits per heavy atom. The number of carbonyl (C=O) groups is 1. The van der Waals surface area contributed by atoms with Crippen molar-refractivity contribution in [2.75, 3.05) is 44.8 Å². The lowest BCUT2D eigenvalue weighted by Crippen LogP contribution is -2.38. The van der Waals surface area contributed by atoms with Crippen LogP contribution in [0.5, 0.6) is 0 Å². The summed E-state index contributed by atoms with van der Waals surface area (Å²) in [6.07, 6.45) is 7.81. The molecule has 37 heavy (non-hydrogen) atoms. The van der Waals surface area contributed by atoms with Gasteiger partial charge in [-0.05, 0) is 43.0 Å². The van der Waals surface area contributed by atoms with Crippen LogP contribution >= 0.6 is 0 Å². The molecule has 1 aromatic carbocycles. The summed E-state index contributed by atoms with van der Waals surface area (Å²) in [6, 6.07) is 7.84. The van der Waals surface area contributed by atoms with Crippen molar-refractivity contribution in [3.05, 3.63) is 54.0 Å². The van der Waals surface area contributed by atoms with Gasteiger partial charge in [0.2, 0.25) is 11.9 Å². The molecule has 0 radical (unpaired) electrons. The molecule has 2 aromatic heterocycles. The zero-order valence-corrected chi connectivity index (χ0v) is 21.3. The van der Waals surface area contributed by atoms with Gasteiger partial charge in [0.05, 0.1) is 31.8 Å². The van der Waals surface area contributed by atoms with Gasteiger partial charge in [0.1, 0.15) is 0 Å². The molecular weight excluding hydrogens is 473 g/mol. The molecule has 1 aliphatic heterocycles. The molecule has 2 aliphatic rings. The third-order valence-corrected chi connectivity index (χ3v) is 7.07. The van der Waals surface area contributed by atoms with E-state index in [1.807, 2.05) is 42.1 Å². The van der Waals surface area contributed by atoms with Crippen molar-refractivity contribution < 1.29 is 13.9 Å². The summed E-state index contributed by atoms with van der Waals surface area (Å²) in [7, 11) is 0. The van der Waals surface area contributed by atoms with Gasteiger partial charge in [0, 0.05) is 68.2 Å². The van der Waals surface area contributed by atoms with Crippen LogP contribution in [0.3, 0.4) is 0 Å². The molecule has 1 aliphatic carbocycles. The second-order valence-corrected chi connectivity index (χ2v) is 10.1. The maximum absolute atomic E-state index is 13.3. The highest BCUT2D eigenvalue weighted by Crippen LogP contribution is 2.47. The van der Waals surface area contributed by atoms with Crippen LogP contribution in [-0.4, -0.2) is 70.1 Å². The Balaban J connectivity index is 1.14. The van der Waals surface area contributed by atoms with Gasteiger partial charge in [-0.15, -0.1) is 0 Å². The van der Waals surface area contributed by atoms with Gasteiger partial charge in [-0.2, -0.15) is 5.10 Å². The molecule has 1 saturated heterocycles. The fourth-order valence-corrected chi connectivity index (χ4v) is 4.43. The number of hydrogen-bond acceptors (Lipinski definition) is 7. The summed E-state index contributed by atoms with van der Waals surface area (Å²) in [5.41, 5.74) is 4.27. The zero-order valence-electron chi connectivity index (χ0n) is 21.3. The summed E-state index contributed by atoms with van der Waals surface area (Å²) in [5.74, 6) is 0.537. The standard InChI is InChI=1S/C27H34FN7O2/c1-20-14-30-26(33-25(20)22-16-31-35(17-22)19-27(18-28)7-8-27)32-23-4-2-21(3-5-23)15-29-24(36)6-9-34-10-12-37-13-11-34/h2-5,14,16-17H,6-13,15,18-19H2,1H3,(H,29,36)(H,30,32,33). The van der Waals surface area contributed by atoms with Crippen LogP contribution in [0.25, 0.3) is 11.3 Å². The van der Waals surface area contributed by atoms with E-state index in [2.05, 4.69) is 25.6 Å². The highest BCUT2D eigenvalue weighted by atomic mass is 19.1. The van der Waals surface area contributed by atoms with Crippen molar-refractivity contribution in [1.29, 1.82) is 0 Å². The number of anilines is 2. The van der Waals surface area contributed by atoms with Crippen molar-refractivity contribution >= 4 is 17.5 Å². The van der Waals surface area contributed by atoms with Crippen LogP contribution in [0.15, 0.2) is 42.9 Å². The van der Waals surface area contributed by atoms with E-state index in [4.69, 9.17) is 9.72 Å². The lowest BCUT2D eigenvalue weighted by Gasteiger charge is -2.26. The first-order valence-corrected chi connectivity index (χ1v) is 12.9. The van der Waals surface area contributed by atoms with Crippen LogP contribution in [0.1, 0.15) is 30.4 Å². The molecule has 0 spiro atoms. The maximum Gasteiger partial charge on any atom is 0.227 e. The van der Waals surface area contributed by atoms with Crippen LogP contribution in [0, 0.1) is 12.3 Å². The van der Waals surface area contributed by atoms with Crippen molar-refractivity contribution in [2.24, 2.45) is 5.41 Å². The fraction of sp³-hybridized carbons (Fsp3) is 0.481. The van der Waals surface area contributed by atoms with Gasteiger partial charge in [0.15, 0.2) is 0 Å². The number of aryl methyl sites for hydroxylation is 1. The third kappa shape index (κ3) is 6.69. The first kappa shape index (κ1) is 25.3. The average molecular weight is 508 g/mol. The number of ether oxygens (including phenoxy) is 1. The summed E-state index contributed by atoms with van der Waals surface area (Å²) in [5, 5.41) is 10.7. The second kappa shape index (κ2) is 11.4. The van der Waals surface area contributed by atoms with E-state index in [1.165, 1.54) is 0 Å². The Labute approximate surface area is 216 Å². The van der Waals surface area contributed by atoms with Crippen molar-refractivity contribution in [3.8, 4) is 11.3 Å². The first-order valence-electron chi connectivity index (χ1n) is 12.9. The minimum Gasteiger partial charge on any atom is -0.379 e. The lowest BCUT2D eigenvalue weighted by atomic mass is 10.1. The molecule has 9 nitrogen and oxygen atoms in total. The molecule has 2 N–H and O–H groups in total. The molecule has 0 bridgehead atoms. The molecule has 1 amide bonds. The summed E-state index contributed by atoms with van der Waals surface area (Å²) < 4.78 is 20.4. The van der Waals surface area contributed by atoms with Crippen LogP contribution < -0.4 is 10.6 Å². The predicted molar refractivity (Wildman–Crippen MR) is 139 cm³/mol. The van der Waals surface area contributed by atoms with Crippen LogP contribution in [0.2, 0.25) is 0 Å². The SMILES string of the molecule is Cc1cnc(Nc2ccc(CNC(=O)CCN3CCOCC3)cc2)nc1-c1cnn(CC2(CF)CC2)c1. The normalized spacial score (nSPS) is 16.9. The quantitative estimate of drug-likeness (QED) is 0.410. The number of carbonyl (C=O) groups excluding carboxylic acids is 1. The van der Waals surface area contributed by atoms with Gasteiger partial charge in [-0.3, -0.25) is 18.8 Å². The molecule has 3 aromatic rings. The number of halogens is 1. The predicted octanol–water partition coefficient (Wildman–Crippen LogP) is 3.48. The van der Waals surface area contributed by atoms with Crippen LogP contribution in [0.4, 0.5) is 16.0 Å². The topological polar surface area (TPSA) is 97.2 Å². The molecule has 0 atom stereocenters. The van der Waals surface area contributed by atoms with Gasteiger partial charge < -0.3 is 15.4 Å². The van der Waals surface area contributed by atoms with E-state index < -0.39 is 0 Å². The molecule has 3 heterocycles. The van der Waals surface area contributed by atoms with E-state index in [0.717, 1.165) is 73.8 Å². The van der Waals surface area contributed by atoms with Gasteiger partial charge in [-0.1, -0.05) is 12.1 Å². The largest absolute Gasteiger partial charge is 0.379 e. The molecule has 0 unspecified atom stereocenters. The number of aromatic nitrogens is 4. The number of rotatable bonds is 11. The highest BCUT2D eigenvalue weighted by Gasteiger charge is 2.43. The minimum atomic E-state index is -0.303. The molecule has 10 heteroatoms. The Morgan fingerprint density at radius 1 is 1.16 bits per heavy atom. The molecule has 5 rings (SSSR count). The lowest BCUT2D eigenvalue weighted by molar-refractivity contribution is -0.121. The summed E-state index contributed by atoms with van der Waals surface area (Å²) in [4.78, 5) is 23.6. The molecular formula is C27H34FN7O2. The highest BCUT2D eigenvalue weighted by molar-refractivity contribution is 5.76. The Kier molecular flexibility index (Phi) is 7.76. The van der Waals surface area contributed by atoms with E-state index in [-0.39, 0.29) is 18.0 Å². The maximum atomic E-state index is 13.3. The molecule has 196 valence electrons. The number of amides is 1. The Bertz CT molecular complexity index is 1200. The average Bonchev–Trinajstić information content (AvgIpc) is 3.55. The number of benzene rings is 1. The number of morpholine rings is 1. The summed E-state index contributed by atoms with van der Waals surface area (Å²) in [6.45, 7) is 6.76. The number of alkyl halides is 1. The molecule has 1 saturated carbocycles. The van der Waals surface area contributed by atoms with E-state index in [0.29, 0.717) is 25.5 Å². The van der Waals surface area contributed by atoms with E-state index in [9.17, 15) is 9.18 Å². The Morgan fingerprint density at radius 2 is 1.95 bits per heavy atom. The van der Waals surface area contributed by atoms with Crippen molar-refractivity contribution in [1.82, 2.24) is 30.0 Å². The van der Waals surface area contributed by atoms with Crippen molar-refractivity contribution in [3.63, 3.8) is 0 Å². The first-order chi connectivity index (χ1) is 18.0. The molecule has 2 fully saturated rings. The smallest absolute Gasteiger partial charge is 0.227 e. The number of nitrogens with one attached hydrogen (secondary N) is 2. The zero-order chi connectivity index (χ0) is 25.7. The Hall–Kier alpha value is -3.37.